The first kappa shape index (κ1) is 69.2. The van der Waals surface area contributed by atoms with E-state index in [1.807, 2.05) is 0 Å². The third-order valence-electron chi connectivity index (χ3n) is 13.2. The molecule has 0 aromatic carbocycles. The molecule has 12 nitrogen and oxygen atoms in total. The number of aliphatic hydroxyl groups excluding tert-OH is 2. The molecule has 75 heavy (non-hydrogen) atoms. The summed E-state index contributed by atoms with van der Waals surface area (Å²) in [6, 6.07) is 0. The second-order valence-electron chi connectivity index (χ2n) is 20.2. The van der Waals surface area contributed by atoms with E-state index in [1.165, 1.54) is 64.2 Å². The average molecular weight is 1060 g/mol. The minimum absolute atomic E-state index is 0.0516. The van der Waals surface area contributed by atoms with Crippen LogP contribution in [0.3, 0.4) is 0 Å². The molecule has 1 fully saturated rings. The Morgan fingerprint density at radius 3 is 1.33 bits per heavy atom. The zero-order valence-electron chi connectivity index (χ0n) is 47.3. The zero-order chi connectivity index (χ0) is 54.7. The van der Waals surface area contributed by atoms with Crippen LogP contribution in [0.25, 0.3) is 0 Å². The lowest BCUT2D eigenvalue weighted by molar-refractivity contribution is -0.301. The molecule has 0 radical (unpaired) electrons. The van der Waals surface area contributed by atoms with Gasteiger partial charge >= 0.3 is 23.9 Å². The number of carbonyl (C=O) groups is 4. The molecule has 0 spiro atoms. The number of ether oxygens (including phenoxy) is 5. The van der Waals surface area contributed by atoms with Gasteiger partial charge in [-0.25, -0.2) is 4.79 Å². The third kappa shape index (κ3) is 41.0. The Bertz CT molecular complexity index is 1580. The standard InChI is InChI=1S/C63H106O12/c1-4-7-10-13-16-19-22-24-26-27-28-29-31-33-36-39-42-45-48-51-57(66)74-61-59(68)58(67)60(62(69)70)75-63(61)72-53-54(73-56(65)50-47-44-41-38-34-21-18-15-12-9-6-3)52-71-55(64)49-46-43-40-37-35-32-30-25-23-20-17-14-11-8-5-2/h8,11,15-20,24-26,30,54,58-61,63,67-68H,4-7,9-10,12-14,21-23,27-29,31-53H2,1-3H3,(H,69,70)/b11-8-,18-15-,19-16-,20-17-,26-24-,30-25-. The molecule has 1 aliphatic rings. The van der Waals surface area contributed by atoms with Crippen molar-refractivity contribution in [3.8, 4) is 0 Å². The number of carboxylic acid groups (broad SMARTS) is 1. The highest BCUT2D eigenvalue weighted by Gasteiger charge is 2.50. The van der Waals surface area contributed by atoms with Gasteiger partial charge in [0.05, 0.1) is 6.61 Å². The average Bonchev–Trinajstić information content (AvgIpc) is 3.39. The molecule has 1 rings (SSSR count). The maximum atomic E-state index is 13.1. The fourth-order valence-electron chi connectivity index (χ4n) is 8.63. The summed E-state index contributed by atoms with van der Waals surface area (Å²) < 4.78 is 28.4. The molecular formula is C63H106O12. The number of aliphatic carboxylic acids is 1. The Morgan fingerprint density at radius 1 is 0.453 bits per heavy atom. The van der Waals surface area contributed by atoms with Gasteiger partial charge < -0.3 is 39.0 Å². The van der Waals surface area contributed by atoms with Gasteiger partial charge in [0.15, 0.2) is 24.6 Å². The number of aliphatic hydroxyl groups is 2. The summed E-state index contributed by atoms with van der Waals surface area (Å²) in [6.45, 7) is 5.80. The Labute approximate surface area is 455 Å². The Morgan fingerprint density at radius 2 is 0.853 bits per heavy atom. The van der Waals surface area contributed by atoms with E-state index in [-0.39, 0.29) is 25.9 Å². The minimum Gasteiger partial charge on any atom is -0.479 e. The lowest BCUT2D eigenvalue weighted by atomic mass is 9.98. The molecule has 1 saturated heterocycles. The second kappa shape index (κ2) is 50.9. The van der Waals surface area contributed by atoms with Crippen LogP contribution < -0.4 is 0 Å². The van der Waals surface area contributed by atoms with Crippen LogP contribution >= 0.6 is 0 Å². The van der Waals surface area contributed by atoms with Crippen molar-refractivity contribution in [1.29, 1.82) is 0 Å². The fraction of sp³-hybridized carbons (Fsp3) is 0.746. The van der Waals surface area contributed by atoms with Gasteiger partial charge in [-0.15, -0.1) is 0 Å². The highest BCUT2D eigenvalue weighted by atomic mass is 16.7. The van der Waals surface area contributed by atoms with Crippen LogP contribution in [-0.4, -0.2) is 89.2 Å². The molecule has 0 bridgehead atoms. The molecule has 0 aromatic heterocycles. The SMILES string of the molecule is CC/C=C\C/C=C\C/C=C\CCCCCCCC(=O)OCC(COC1OC(C(=O)O)C(O)C(O)C1OC(=O)CCCCCCCCCCC/C=C\C/C=C\CCCCC)OC(=O)CCCCCCC/C=C\CCCC. The van der Waals surface area contributed by atoms with Crippen molar-refractivity contribution in [2.24, 2.45) is 0 Å². The number of hydrogen-bond acceptors (Lipinski definition) is 11. The maximum Gasteiger partial charge on any atom is 0.335 e. The minimum atomic E-state index is -1.91. The van der Waals surface area contributed by atoms with Crippen molar-refractivity contribution >= 4 is 23.9 Å². The van der Waals surface area contributed by atoms with E-state index in [0.29, 0.717) is 19.3 Å². The summed E-state index contributed by atoms with van der Waals surface area (Å²) in [6.07, 6.45) is 51.6. The number of carbonyl (C=O) groups excluding carboxylic acids is 3. The van der Waals surface area contributed by atoms with Gasteiger partial charge in [0.25, 0.3) is 0 Å². The number of rotatable bonds is 50. The van der Waals surface area contributed by atoms with Gasteiger partial charge in [0.2, 0.25) is 0 Å². The number of allylic oxidation sites excluding steroid dienone is 12. The van der Waals surface area contributed by atoms with Crippen LogP contribution in [0.5, 0.6) is 0 Å². The maximum absolute atomic E-state index is 13.1. The van der Waals surface area contributed by atoms with Crippen LogP contribution in [0, 0.1) is 0 Å². The van der Waals surface area contributed by atoms with E-state index in [2.05, 4.69) is 93.7 Å². The predicted octanol–water partition coefficient (Wildman–Crippen LogP) is 15.3. The molecule has 430 valence electrons. The van der Waals surface area contributed by atoms with Crippen molar-refractivity contribution in [3.63, 3.8) is 0 Å². The zero-order valence-corrected chi connectivity index (χ0v) is 47.3. The summed E-state index contributed by atoms with van der Waals surface area (Å²) in [5, 5.41) is 31.5. The molecule has 12 heteroatoms. The molecule has 1 aliphatic heterocycles. The molecule has 6 atom stereocenters. The monoisotopic (exact) mass is 1050 g/mol. The van der Waals surface area contributed by atoms with Crippen molar-refractivity contribution < 1.29 is 58.2 Å². The molecular weight excluding hydrogens is 949 g/mol. The Kier molecular flexibility index (Phi) is 47.0. The topological polar surface area (TPSA) is 175 Å². The molecule has 0 aromatic rings. The first-order valence-corrected chi connectivity index (χ1v) is 29.9. The van der Waals surface area contributed by atoms with E-state index in [1.54, 1.807) is 0 Å². The molecule has 0 aliphatic carbocycles. The van der Waals surface area contributed by atoms with Crippen molar-refractivity contribution in [3.05, 3.63) is 72.9 Å². The van der Waals surface area contributed by atoms with Crippen LogP contribution in [-0.2, 0) is 42.9 Å². The lowest BCUT2D eigenvalue weighted by Crippen LogP contribution is -2.61. The van der Waals surface area contributed by atoms with E-state index in [4.69, 9.17) is 23.7 Å². The van der Waals surface area contributed by atoms with Gasteiger partial charge in [0, 0.05) is 19.3 Å². The van der Waals surface area contributed by atoms with Crippen LogP contribution in [0.15, 0.2) is 72.9 Å². The second-order valence-corrected chi connectivity index (χ2v) is 20.2. The van der Waals surface area contributed by atoms with Crippen molar-refractivity contribution in [2.75, 3.05) is 13.2 Å². The van der Waals surface area contributed by atoms with Crippen LogP contribution in [0.1, 0.15) is 252 Å². The van der Waals surface area contributed by atoms with Gasteiger partial charge in [-0.1, -0.05) is 203 Å². The number of esters is 3. The highest BCUT2D eigenvalue weighted by Crippen LogP contribution is 2.26. The molecule has 3 N–H and O–H groups in total. The van der Waals surface area contributed by atoms with E-state index in [9.17, 15) is 34.5 Å². The van der Waals surface area contributed by atoms with Gasteiger partial charge in [-0.3, -0.25) is 14.4 Å². The Hall–Kier alpha value is -3.84. The van der Waals surface area contributed by atoms with Crippen LogP contribution in [0.2, 0.25) is 0 Å². The summed E-state index contributed by atoms with van der Waals surface area (Å²) in [5.41, 5.74) is 0. The predicted molar refractivity (Wildman–Crippen MR) is 303 cm³/mol. The third-order valence-corrected chi connectivity index (χ3v) is 13.2. The normalized spacial score (nSPS) is 18.7. The van der Waals surface area contributed by atoms with Crippen LogP contribution in [0.4, 0.5) is 0 Å². The van der Waals surface area contributed by atoms with E-state index in [0.717, 1.165) is 128 Å². The van der Waals surface area contributed by atoms with E-state index >= 15 is 0 Å². The van der Waals surface area contributed by atoms with E-state index < -0.39 is 67.3 Å². The Balaban J connectivity index is 2.66. The largest absolute Gasteiger partial charge is 0.479 e. The molecule has 0 saturated carbocycles. The van der Waals surface area contributed by atoms with Crippen molar-refractivity contribution in [2.45, 2.75) is 289 Å². The molecule has 1 heterocycles. The van der Waals surface area contributed by atoms with Crippen molar-refractivity contribution in [1.82, 2.24) is 0 Å². The highest BCUT2D eigenvalue weighted by molar-refractivity contribution is 5.74. The fourth-order valence-corrected chi connectivity index (χ4v) is 8.63. The quantitative estimate of drug-likeness (QED) is 0.0228. The summed E-state index contributed by atoms with van der Waals surface area (Å²) in [4.78, 5) is 51.1. The first-order chi connectivity index (χ1) is 36.6. The number of hydrogen-bond donors (Lipinski definition) is 3. The number of unbranched alkanes of at least 4 members (excludes halogenated alkanes) is 24. The van der Waals surface area contributed by atoms with Gasteiger partial charge in [-0.05, 0) is 103 Å². The summed E-state index contributed by atoms with van der Waals surface area (Å²) in [7, 11) is 0. The first-order valence-electron chi connectivity index (χ1n) is 29.9. The summed E-state index contributed by atoms with van der Waals surface area (Å²) in [5.74, 6) is -3.16. The number of carboxylic acids is 1. The molecule has 6 unspecified atom stereocenters. The summed E-state index contributed by atoms with van der Waals surface area (Å²) >= 11 is 0. The molecule has 0 amide bonds. The van der Waals surface area contributed by atoms with Gasteiger partial charge in [0.1, 0.15) is 18.8 Å². The van der Waals surface area contributed by atoms with Gasteiger partial charge in [-0.2, -0.15) is 0 Å². The smallest absolute Gasteiger partial charge is 0.335 e. The lowest BCUT2D eigenvalue weighted by Gasteiger charge is -2.40.